The lowest BCUT2D eigenvalue weighted by atomic mass is 9.97. The number of fused-ring (bicyclic) bond motifs is 10. The molecule has 0 atom stereocenters. The number of hydrogen-bond acceptors (Lipinski definition) is 3. The van der Waals surface area contributed by atoms with Crippen molar-refractivity contribution in [1.82, 2.24) is 4.57 Å². The van der Waals surface area contributed by atoms with E-state index in [4.69, 9.17) is 4.42 Å². The molecule has 0 saturated heterocycles. The number of benzene rings is 10. The molecule has 10 aromatic carbocycles. The summed E-state index contributed by atoms with van der Waals surface area (Å²) in [6.45, 7) is 0. The molecule has 4 heteroatoms. The van der Waals surface area contributed by atoms with Crippen molar-refractivity contribution in [2.45, 2.75) is 0 Å². The monoisotopic (exact) mass is 808 g/mol. The molecule has 3 heterocycles. The Kier molecular flexibility index (Phi) is 7.78. The maximum Gasteiger partial charge on any atom is 0.143 e. The minimum atomic E-state index is 0.869. The third-order valence-corrected chi connectivity index (χ3v) is 13.7. The van der Waals surface area contributed by atoms with Crippen molar-refractivity contribution in [3.05, 3.63) is 218 Å². The summed E-state index contributed by atoms with van der Waals surface area (Å²) in [4.78, 5) is 2.44. The molecule has 0 fully saturated rings. The minimum absolute atomic E-state index is 0.869. The Hall–Kier alpha value is -7.92. The van der Waals surface area contributed by atoms with Gasteiger partial charge in [-0.1, -0.05) is 140 Å². The molecule has 0 spiro atoms. The molecule has 0 saturated carbocycles. The van der Waals surface area contributed by atoms with E-state index in [2.05, 4.69) is 228 Å². The SMILES string of the molecule is c1cc(-c2cc(N(c3ccc4ccccc4c3)c3ccccc3-c3ccc4sc5ccccc5c4c3)cc3c2oc2ccccc23)cc(-n2c3ccccc3c3ccccc32)c1. The smallest absolute Gasteiger partial charge is 0.143 e. The summed E-state index contributed by atoms with van der Waals surface area (Å²) >= 11 is 1.85. The molecule has 3 nitrogen and oxygen atoms in total. The summed E-state index contributed by atoms with van der Waals surface area (Å²) in [5, 5.41) is 9.62. The lowest BCUT2D eigenvalue weighted by Gasteiger charge is -2.29. The van der Waals surface area contributed by atoms with E-state index in [0.29, 0.717) is 0 Å². The summed E-state index contributed by atoms with van der Waals surface area (Å²) < 4.78 is 11.8. The molecule has 62 heavy (non-hydrogen) atoms. The quantitative estimate of drug-likeness (QED) is 0.167. The van der Waals surface area contributed by atoms with Crippen LogP contribution in [0.2, 0.25) is 0 Å². The van der Waals surface area contributed by atoms with Crippen LogP contribution in [0.5, 0.6) is 0 Å². The zero-order valence-corrected chi connectivity index (χ0v) is 34.3. The highest BCUT2D eigenvalue weighted by molar-refractivity contribution is 7.25. The molecule has 0 radical (unpaired) electrons. The van der Waals surface area contributed by atoms with Crippen LogP contribution in [0.25, 0.3) is 103 Å². The molecule has 13 rings (SSSR count). The Bertz CT molecular complexity index is 3850. The van der Waals surface area contributed by atoms with Gasteiger partial charge in [0, 0.05) is 69.9 Å². The highest BCUT2D eigenvalue weighted by atomic mass is 32.1. The van der Waals surface area contributed by atoms with Crippen LogP contribution in [0.15, 0.2) is 223 Å². The Morgan fingerprint density at radius 1 is 0.387 bits per heavy atom. The zero-order chi connectivity index (χ0) is 40.7. The van der Waals surface area contributed by atoms with Crippen LogP contribution in [0.4, 0.5) is 17.1 Å². The standard InChI is InChI=1S/C58H36N2OS/c1-2-15-38-32-42(30-28-37(38)14-1)59(52-23-8-3-18-44(52)40-29-31-57-50(34-40)48-22-7-12-27-56(48)62-57)43-35-49(58-51(36-43)47-21-6-11-26-55(47)61-58)39-16-13-17-41(33-39)60-53-24-9-4-19-45(53)46-20-5-10-25-54(46)60/h1-36H. The largest absolute Gasteiger partial charge is 0.455 e. The Morgan fingerprint density at radius 2 is 1.06 bits per heavy atom. The van der Waals surface area contributed by atoms with E-state index in [1.807, 2.05) is 11.3 Å². The number of nitrogens with zero attached hydrogens (tertiary/aromatic N) is 2. The summed E-state index contributed by atoms with van der Waals surface area (Å²) in [6, 6.07) is 79.4. The Labute approximate surface area is 361 Å². The first kappa shape index (κ1) is 34.9. The second kappa shape index (κ2) is 13.8. The lowest BCUT2D eigenvalue weighted by molar-refractivity contribution is 0.670. The van der Waals surface area contributed by atoms with Crippen molar-refractivity contribution in [3.63, 3.8) is 0 Å². The maximum atomic E-state index is 6.85. The Balaban J connectivity index is 1.07. The average molecular weight is 809 g/mol. The van der Waals surface area contributed by atoms with Gasteiger partial charge in [0.05, 0.1) is 16.7 Å². The third-order valence-electron chi connectivity index (χ3n) is 12.5. The first-order valence-electron chi connectivity index (χ1n) is 21.1. The van der Waals surface area contributed by atoms with Gasteiger partial charge in [-0.3, -0.25) is 0 Å². The van der Waals surface area contributed by atoms with Gasteiger partial charge in [0.15, 0.2) is 0 Å². The lowest BCUT2D eigenvalue weighted by Crippen LogP contribution is -2.11. The van der Waals surface area contributed by atoms with Crippen molar-refractivity contribution >= 4 is 103 Å². The van der Waals surface area contributed by atoms with Gasteiger partial charge in [-0.15, -0.1) is 11.3 Å². The molecular weight excluding hydrogens is 773 g/mol. The fourth-order valence-electron chi connectivity index (χ4n) is 9.72. The zero-order valence-electron chi connectivity index (χ0n) is 33.5. The summed E-state index contributed by atoms with van der Waals surface area (Å²) in [7, 11) is 0. The van der Waals surface area contributed by atoms with Crippen LogP contribution < -0.4 is 4.90 Å². The molecule has 0 aliphatic heterocycles. The third kappa shape index (κ3) is 5.44. The van der Waals surface area contributed by atoms with Gasteiger partial charge in [-0.25, -0.2) is 0 Å². The van der Waals surface area contributed by atoms with Gasteiger partial charge < -0.3 is 13.9 Å². The summed E-state index contributed by atoms with van der Waals surface area (Å²) in [6.07, 6.45) is 0. The number of anilines is 3. The molecule has 3 aromatic heterocycles. The van der Waals surface area contributed by atoms with Crippen LogP contribution in [-0.2, 0) is 0 Å². The molecule has 0 amide bonds. The Morgan fingerprint density at radius 3 is 1.92 bits per heavy atom. The molecule has 0 aliphatic carbocycles. The van der Waals surface area contributed by atoms with Crippen LogP contribution >= 0.6 is 11.3 Å². The molecular formula is C58H36N2OS. The van der Waals surface area contributed by atoms with Gasteiger partial charge in [0.25, 0.3) is 0 Å². The van der Waals surface area contributed by atoms with E-state index in [1.54, 1.807) is 0 Å². The van der Waals surface area contributed by atoms with Crippen molar-refractivity contribution in [2.75, 3.05) is 4.90 Å². The average Bonchev–Trinajstić information content (AvgIpc) is 4.01. The van der Waals surface area contributed by atoms with Crippen LogP contribution in [0.3, 0.4) is 0 Å². The summed E-state index contributed by atoms with van der Waals surface area (Å²) in [5.41, 5.74) is 12.9. The van der Waals surface area contributed by atoms with E-state index in [0.717, 1.165) is 61.4 Å². The van der Waals surface area contributed by atoms with E-state index in [-0.39, 0.29) is 0 Å². The molecule has 0 aliphatic rings. The van der Waals surface area contributed by atoms with E-state index < -0.39 is 0 Å². The molecule has 13 aromatic rings. The van der Waals surface area contributed by atoms with E-state index >= 15 is 0 Å². The van der Waals surface area contributed by atoms with E-state index in [9.17, 15) is 0 Å². The van der Waals surface area contributed by atoms with Crippen LogP contribution in [-0.4, -0.2) is 4.57 Å². The molecule has 0 bridgehead atoms. The predicted molar refractivity (Wildman–Crippen MR) is 264 cm³/mol. The van der Waals surface area contributed by atoms with Gasteiger partial charge in [0.2, 0.25) is 0 Å². The van der Waals surface area contributed by atoms with Gasteiger partial charge in [0.1, 0.15) is 11.2 Å². The molecule has 290 valence electrons. The summed E-state index contributed by atoms with van der Waals surface area (Å²) in [5.74, 6) is 0. The van der Waals surface area contributed by atoms with Crippen LogP contribution in [0.1, 0.15) is 0 Å². The molecule has 0 unspecified atom stereocenters. The number of aromatic nitrogens is 1. The minimum Gasteiger partial charge on any atom is -0.455 e. The van der Waals surface area contributed by atoms with Crippen molar-refractivity contribution < 1.29 is 4.42 Å². The van der Waals surface area contributed by atoms with Gasteiger partial charge >= 0.3 is 0 Å². The van der Waals surface area contributed by atoms with Crippen molar-refractivity contribution in [3.8, 4) is 27.9 Å². The van der Waals surface area contributed by atoms with Crippen molar-refractivity contribution in [2.24, 2.45) is 0 Å². The number of para-hydroxylation sites is 4. The first-order valence-corrected chi connectivity index (χ1v) is 21.9. The van der Waals surface area contributed by atoms with E-state index in [1.165, 1.54) is 58.3 Å². The number of rotatable bonds is 6. The molecule has 0 N–H and O–H groups in total. The number of thiophene rings is 1. The van der Waals surface area contributed by atoms with Gasteiger partial charge in [-0.2, -0.15) is 0 Å². The normalized spacial score (nSPS) is 11.9. The second-order valence-corrected chi connectivity index (χ2v) is 17.2. The van der Waals surface area contributed by atoms with Crippen LogP contribution in [0, 0.1) is 0 Å². The number of furan rings is 1. The predicted octanol–water partition coefficient (Wildman–Crippen LogP) is 17.0. The fraction of sp³-hybridized carbons (Fsp3) is 0. The van der Waals surface area contributed by atoms with Crippen molar-refractivity contribution in [1.29, 1.82) is 0 Å². The highest BCUT2D eigenvalue weighted by Crippen LogP contribution is 2.47. The highest BCUT2D eigenvalue weighted by Gasteiger charge is 2.23. The van der Waals surface area contributed by atoms with Gasteiger partial charge in [-0.05, 0) is 101 Å². The fourth-order valence-corrected chi connectivity index (χ4v) is 10.8. The topological polar surface area (TPSA) is 21.3 Å². The maximum absolute atomic E-state index is 6.85. The second-order valence-electron chi connectivity index (χ2n) is 16.1. The number of hydrogen-bond donors (Lipinski definition) is 0. The first-order chi connectivity index (χ1) is 30.7.